The third kappa shape index (κ3) is 5.63. The molecule has 0 fully saturated rings. The molecule has 0 saturated heterocycles. The summed E-state index contributed by atoms with van der Waals surface area (Å²) < 4.78 is 5.55. The van der Waals surface area contributed by atoms with E-state index in [4.69, 9.17) is 21.4 Å². The fourth-order valence-electron chi connectivity index (χ4n) is 4.32. The van der Waals surface area contributed by atoms with Crippen molar-refractivity contribution in [1.29, 1.82) is 0 Å². The van der Waals surface area contributed by atoms with Gasteiger partial charge in [-0.1, -0.05) is 67.1 Å². The summed E-state index contributed by atoms with van der Waals surface area (Å²) in [5.41, 5.74) is 4.98. The Balaban J connectivity index is 1.42. The zero-order chi connectivity index (χ0) is 24.9. The number of halogens is 1. The number of carboxylic acids is 1. The highest BCUT2D eigenvalue weighted by Gasteiger charge is 2.29. The molecule has 8 heteroatoms. The van der Waals surface area contributed by atoms with E-state index in [2.05, 4.69) is 22.8 Å². The standard InChI is InChI=1S/C27H25ClN2O5/c1-2-18(14-25(31)32)29-26(33)16-11-17(28)13-19(12-16)30-27(34)35-15-24-22-9-5-3-7-20(22)21-8-4-6-10-23(21)24/h3-13,18,24H,2,14-15H2,1H3,(H,29,33)(H,30,34)(H,31,32)/t18-/m0/s1. The van der Waals surface area contributed by atoms with Gasteiger partial charge in [0.25, 0.3) is 5.91 Å². The van der Waals surface area contributed by atoms with Crippen molar-refractivity contribution in [3.8, 4) is 11.1 Å². The van der Waals surface area contributed by atoms with Crippen LogP contribution in [-0.2, 0) is 9.53 Å². The van der Waals surface area contributed by atoms with E-state index in [1.807, 2.05) is 36.4 Å². The Bertz CT molecular complexity index is 1230. The maximum absolute atomic E-state index is 12.6. The molecule has 3 N–H and O–H groups in total. The topological polar surface area (TPSA) is 105 Å². The Labute approximate surface area is 208 Å². The molecule has 1 aliphatic carbocycles. The van der Waals surface area contributed by atoms with Crippen LogP contribution in [0.1, 0.15) is 47.2 Å². The minimum absolute atomic E-state index is 0.0749. The predicted molar refractivity (Wildman–Crippen MR) is 134 cm³/mol. The summed E-state index contributed by atoms with van der Waals surface area (Å²) in [5.74, 6) is -1.55. The van der Waals surface area contributed by atoms with Gasteiger partial charge >= 0.3 is 12.1 Å². The number of hydrogen-bond acceptors (Lipinski definition) is 4. The van der Waals surface area contributed by atoms with E-state index in [0.717, 1.165) is 22.3 Å². The van der Waals surface area contributed by atoms with Crippen molar-refractivity contribution in [2.45, 2.75) is 31.7 Å². The van der Waals surface area contributed by atoms with Crippen molar-refractivity contribution in [1.82, 2.24) is 5.32 Å². The molecule has 2 amide bonds. The molecular weight excluding hydrogens is 468 g/mol. The molecule has 3 aromatic carbocycles. The Hall–Kier alpha value is -3.84. The number of nitrogens with one attached hydrogen (secondary N) is 2. The Kier molecular flexibility index (Phi) is 7.36. The number of hydrogen-bond donors (Lipinski definition) is 3. The number of benzene rings is 3. The van der Waals surface area contributed by atoms with Crippen molar-refractivity contribution >= 4 is 35.3 Å². The van der Waals surface area contributed by atoms with Crippen molar-refractivity contribution in [3.05, 3.63) is 88.4 Å². The molecular formula is C27H25ClN2O5. The highest BCUT2D eigenvalue weighted by molar-refractivity contribution is 6.31. The summed E-state index contributed by atoms with van der Waals surface area (Å²) in [6.07, 6.45) is -0.394. The van der Waals surface area contributed by atoms with E-state index in [0.29, 0.717) is 12.1 Å². The van der Waals surface area contributed by atoms with Crippen LogP contribution in [0.15, 0.2) is 66.7 Å². The molecule has 0 radical (unpaired) electrons. The Morgan fingerprint density at radius 3 is 2.23 bits per heavy atom. The van der Waals surface area contributed by atoms with E-state index in [1.165, 1.54) is 18.2 Å². The summed E-state index contributed by atoms with van der Waals surface area (Å²) >= 11 is 6.16. The number of fused-ring (bicyclic) bond motifs is 3. The van der Waals surface area contributed by atoms with Gasteiger partial charge in [0.05, 0.1) is 6.42 Å². The maximum atomic E-state index is 12.6. The lowest BCUT2D eigenvalue weighted by atomic mass is 9.98. The first-order valence-corrected chi connectivity index (χ1v) is 11.7. The molecule has 3 aromatic rings. The molecule has 180 valence electrons. The SMILES string of the molecule is CC[C@@H](CC(=O)O)NC(=O)c1cc(Cl)cc(NC(=O)OCC2c3ccccc3-c3ccccc32)c1. The predicted octanol–water partition coefficient (Wildman–Crippen LogP) is 5.68. The van der Waals surface area contributed by atoms with E-state index < -0.39 is 24.0 Å². The van der Waals surface area contributed by atoms with Gasteiger partial charge in [-0.15, -0.1) is 0 Å². The largest absolute Gasteiger partial charge is 0.481 e. The minimum atomic E-state index is -0.999. The van der Waals surface area contributed by atoms with Gasteiger partial charge in [0.1, 0.15) is 6.61 Å². The molecule has 35 heavy (non-hydrogen) atoms. The first-order valence-electron chi connectivity index (χ1n) is 11.3. The van der Waals surface area contributed by atoms with Gasteiger partial charge in [-0.25, -0.2) is 4.79 Å². The minimum Gasteiger partial charge on any atom is -0.481 e. The molecule has 0 aliphatic heterocycles. The first kappa shape index (κ1) is 24.3. The van der Waals surface area contributed by atoms with Gasteiger partial charge in [-0.05, 0) is 46.9 Å². The summed E-state index contributed by atoms with van der Waals surface area (Å²) in [6.45, 7) is 1.94. The Morgan fingerprint density at radius 2 is 1.63 bits per heavy atom. The number of carboxylic acid groups (broad SMARTS) is 1. The van der Waals surface area contributed by atoms with Crippen LogP contribution >= 0.6 is 11.6 Å². The van der Waals surface area contributed by atoms with Crippen molar-refractivity contribution in [2.24, 2.45) is 0 Å². The van der Waals surface area contributed by atoms with Crippen LogP contribution in [0.5, 0.6) is 0 Å². The van der Waals surface area contributed by atoms with Crippen molar-refractivity contribution in [3.63, 3.8) is 0 Å². The molecule has 0 aromatic heterocycles. The molecule has 1 atom stereocenters. The highest BCUT2D eigenvalue weighted by Crippen LogP contribution is 2.44. The number of aliphatic carboxylic acids is 1. The van der Waals surface area contributed by atoms with Gasteiger partial charge in [-0.2, -0.15) is 0 Å². The zero-order valence-electron chi connectivity index (χ0n) is 19.1. The van der Waals surface area contributed by atoms with Gasteiger partial charge in [0.15, 0.2) is 0 Å². The first-order chi connectivity index (χ1) is 16.9. The lowest BCUT2D eigenvalue weighted by Gasteiger charge is -2.16. The number of amides is 2. The quantitative estimate of drug-likeness (QED) is 0.375. The molecule has 0 unspecified atom stereocenters. The molecule has 0 heterocycles. The summed E-state index contributed by atoms with van der Waals surface area (Å²) in [5, 5.41) is 14.5. The van der Waals surface area contributed by atoms with Crippen LogP contribution in [0.3, 0.4) is 0 Å². The monoisotopic (exact) mass is 492 g/mol. The second-order valence-electron chi connectivity index (χ2n) is 8.36. The fourth-order valence-corrected chi connectivity index (χ4v) is 4.56. The third-order valence-corrected chi connectivity index (χ3v) is 6.22. The molecule has 0 bridgehead atoms. The normalized spacial score (nSPS) is 12.9. The second kappa shape index (κ2) is 10.6. The summed E-state index contributed by atoms with van der Waals surface area (Å²) in [6, 6.07) is 20.0. The highest BCUT2D eigenvalue weighted by atomic mass is 35.5. The smallest absolute Gasteiger partial charge is 0.411 e. The lowest BCUT2D eigenvalue weighted by Crippen LogP contribution is -2.36. The number of carbonyl (C=O) groups excluding carboxylic acids is 2. The average Bonchev–Trinajstić information content (AvgIpc) is 3.15. The summed E-state index contributed by atoms with van der Waals surface area (Å²) in [4.78, 5) is 36.2. The zero-order valence-corrected chi connectivity index (χ0v) is 19.8. The van der Waals surface area contributed by atoms with E-state index in [1.54, 1.807) is 6.92 Å². The lowest BCUT2D eigenvalue weighted by molar-refractivity contribution is -0.137. The molecule has 4 rings (SSSR count). The average molecular weight is 493 g/mol. The van der Waals surface area contributed by atoms with E-state index >= 15 is 0 Å². The van der Waals surface area contributed by atoms with Gasteiger partial charge in [0, 0.05) is 28.2 Å². The van der Waals surface area contributed by atoms with E-state index in [9.17, 15) is 14.4 Å². The van der Waals surface area contributed by atoms with Gasteiger partial charge in [0.2, 0.25) is 0 Å². The third-order valence-electron chi connectivity index (χ3n) is 6.00. The number of anilines is 1. The van der Waals surface area contributed by atoms with Crippen molar-refractivity contribution < 1.29 is 24.2 Å². The number of rotatable bonds is 8. The van der Waals surface area contributed by atoms with Crippen LogP contribution in [0.4, 0.5) is 10.5 Å². The van der Waals surface area contributed by atoms with Crippen LogP contribution in [0.25, 0.3) is 11.1 Å². The maximum Gasteiger partial charge on any atom is 0.411 e. The molecule has 7 nitrogen and oxygen atoms in total. The van der Waals surface area contributed by atoms with E-state index in [-0.39, 0.29) is 29.5 Å². The molecule has 1 aliphatic rings. The van der Waals surface area contributed by atoms with Crippen molar-refractivity contribution in [2.75, 3.05) is 11.9 Å². The van der Waals surface area contributed by atoms with Crippen LogP contribution in [0.2, 0.25) is 5.02 Å². The Morgan fingerprint density at radius 1 is 1.00 bits per heavy atom. The number of carbonyl (C=O) groups is 3. The number of ether oxygens (including phenoxy) is 1. The van der Waals surface area contributed by atoms with Crippen LogP contribution in [0, 0.1) is 0 Å². The van der Waals surface area contributed by atoms with Gasteiger partial charge in [-0.3, -0.25) is 14.9 Å². The molecule has 0 spiro atoms. The van der Waals surface area contributed by atoms with Gasteiger partial charge < -0.3 is 15.2 Å². The molecule has 0 saturated carbocycles. The van der Waals surface area contributed by atoms with Crippen LogP contribution in [-0.4, -0.2) is 35.7 Å². The fraction of sp³-hybridized carbons (Fsp3) is 0.222. The summed E-state index contributed by atoms with van der Waals surface area (Å²) in [7, 11) is 0. The second-order valence-corrected chi connectivity index (χ2v) is 8.79. The van der Waals surface area contributed by atoms with Crippen LogP contribution < -0.4 is 10.6 Å².